The summed E-state index contributed by atoms with van der Waals surface area (Å²) in [6.45, 7) is 2.14. The van der Waals surface area contributed by atoms with Crippen molar-refractivity contribution < 1.29 is 14.5 Å². The summed E-state index contributed by atoms with van der Waals surface area (Å²) >= 11 is 12.1. The maximum atomic E-state index is 10.8. The Balaban J connectivity index is 1.92. The highest BCUT2D eigenvalue weighted by atomic mass is 35.5. The van der Waals surface area contributed by atoms with Crippen LogP contribution < -0.4 is 16.2 Å². The maximum absolute atomic E-state index is 10.8. The zero-order valence-electron chi connectivity index (χ0n) is 13.7. The highest BCUT2D eigenvalue weighted by Crippen LogP contribution is 2.34. The first-order chi connectivity index (χ1) is 12.4. The van der Waals surface area contributed by atoms with Crippen LogP contribution in [0.25, 0.3) is 0 Å². The summed E-state index contributed by atoms with van der Waals surface area (Å²) in [7, 11) is 0. The van der Waals surface area contributed by atoms with E-state index < -0.39 is 4.92 Å². The summed E-state index contributed by atoms with van der Waals surface area (Å²) in [5.41, 5.74) is 7.48. The van der Waals surface area contributed by atoms with Gasteiger partial charge in [-0.05, 0) is 24.3 Å². The first kappa shape index (κ1) is 19.6. The van der Waals surface area contributed by atoms with Crippen molar-refractivity contribution in [1.29, 1.82) is 0 Å². The highest BCUT2D eigenvalue weighted by molar-refractivity contribution is 6.39. The number of nitrogens with zero attached hydrogens (tertiary/aromatic N) is 1. The number of nitro groups is 1. The lowest BCUT2D eigenvalue weighted by molar-refractivity contribution is -0.384. The Kier molecular flexibility index (Phi) is 6.88. The van der Waals surface area contributed by atoms with Crippen LogP contribution in [0.5, 0.6) is 0 Å². The van der Waals surface area contributed by atoms with Crippen molar-refractivity contribution in [2.24, 2.45) is 0 Å². The fraction of sp³-hybridized carbons (Fsp3) is 0.188. The van der Waals surface area contributed by atoms with Crippen LogP contribution in [0.1, 0.15) is 6.92 Å². The van der Waals surface area contributed by atoms with Crippen LogP contribution >= 0.6 is 23.2 Å². The summed E-state index contributed by atoms with van der Waals surface area (Å²) in [6, 6.07) is 9.69. The third kappa shape index (κ3) is 5.68. The molecule has 8 nitrogen and oxygen atoms in total. The summed E-state index contributed by atoms with van der Waals surface area (Å²) in [5, 5.41) is 14.1. The van der Waals surface area contributed by atoms with Crippen LogP contribution in [-0.4, -0.2) is 24.0 Å². The van der Waals surface area contributed by atoms with Crippen LogP contribution in [0.2, 0.25) is 10.0 Å². The Morgan fingerprint density at radius 2 is 1.69 bits per heavy atom. The van der Waals surface area contributed by atoms with Gasteiger partial charge in [-0.15, -0.1) is 0 Å². The number of carbonyl (C=O) groups is 1. The first-order valence-electron chi connectivity index (χ1n) is 7.49. The number of benzene rings is 2. The smallest absolute Gasteiger partial charge is 0.302 e. The largest absolute Gasteiger partial charge is 0.464 e. The number of ether oxygens (including phenoxy) is 1. The van der Waals surface area contributed by atoms with Crippen molar-refractivity contribution in [1.82, 2.24) is 0 Å². The third-order valence-corrected chi connectivity index (χ3v) is 3.79. The molecule has 0 aliphatic rings. The number of hydrazine groups is 1. The predicted molar refractivity (Wildman–Crippen MR) is 102 cm³/mol. The van der Waals surface area contributed by atoms with E-state index in [2.05, 4.69) is 16.2 Å². The highest BCUT2D eigenvalue weighted by Gasteiger charge is 2.14. The summed E-state index contributed by atoms with van der Waals surface area (Å²) < 4.78 is 4.83. The lowest BCUT2D eigenvalue weighted by Crippen LogP contribution is -2.12. The van der Waals surface area contributed by atoms with Gasteiger partial charge in [-0.2, -0.15) is 0 Å². The molecule has 0 unspecified atom stereocenters. The van der Waals surface area contributed by atoms with Crippen LogP contribution in [-0.2, 0) is 9.53 Å². The van der Waals surface area contributed by atoms with Gasteiger partial charge in [-0.25, -0.2) is 0 Å². The molecule has 0 amide bonds. The Morgan fingerprint density at radius 3 is 2.23 bits per heavy atom. The van der Waals surface area contributed by atoms with E-state index in [1.54, 1.807) is 12.1 Å². The average Bonchev–Trinajstić information content (AvgIpc) is 2.58. The van der Waals surface area contributed by atoms with Crippen LogP contribution in [0.3, 0.4) is 0 Å². The van der Waals surface area contributed by atoms with E-state index in [1.165, 1.54) is 19.1 Å². The molecule has 0 radical (unpaired) electrons. The van der Waals surface area contributed by atoms with Crippen molar-refractivity contribution in [2.75, 3.05) is 29.3 Å². The topological polar surface area (TPSA) is 106 Å². The molecule has 0 saturated heterocycles. The Morgan fingerprint density at radius 1 is 1.12 bits per heavy atom. The molecule has 26 heavy (non-hydrogen) atoms. The minimum atomic E-state index is -0.567. The molecule has 2 aromatic carbocycles. The van der Waals surface area contributed by atoms with Crippen LogP contribution in [0.15, 0.2) is 36.4 Å². The molecule has 0 saturated carbocycles. The summed E-state index contributed by atoms with van der Waals surface area (Å²) in [4.78, 5) is 20.9. The second-order valence-corrected chi connectivity index (χ2v) is 5.95. The van der Waals surface area contributed by atoms with Crippen LogP contribution in [0, 0.1) is 10.1 Å². The van der Waals surface area contributed by atoms with Crippen LogP contribution in [0.4, 0.5) is 22.7 Å². The zero-order valence-corrected chi connectivity index (χ0v) is 15.2. The number of non-ortho nitro benzene ring substituents is 1. The van der Waals surface area contributed by atoms with Crippen molar-refractivity contribution in [2.45, 2.75) is 6.92 Å². The van der Waals surface area contributed by atoms with E-state index >= 15 is 0 Å². The zero-order chi connectivity index (χ0) is 19.1. The number of rotatable bonds is 8. The maximum Gasteiger partial charge on any atom is 0.302 e. The minimum Gasteiger partial charge on any atom is -0.464 e. The fourth-order valence-electron chi connectivity index (χ4n) is 1.98. The van der Waals surface area contributed by atoms with Gasteiger partial charge >= 0.3 is 5.97 Å². The Labute approximate surface area is 159 Å². The lowest BCUT2D eigenvalue weighted by atomic mass is 10.2. The number of halogens is 2. The Bertz CT molecular complexity index is 776. The van der Waals surface area contributed by atoms with E-state index in [9.17, 15) is 14.9 Å². The molecular weight excluding hydrogens is 383 g/mol. The molecule has 0 aliphatic carbocycles. The molecule has 0 fully saturated rings. The van der Waals surface area contributed by atoms with Gasteiger partial charge in [0.2, 0.25) is 0 Å². The van der Waals surface area contributed by atoms with Gasteiger partial charge in [0.15, 0.2) is 0 Å². The quantitative estimate of drug-likeness (QED) is 0.263. The molecule has 0 heterocycles. The first-order valence-corrected chi connectivity index (χ1v) is 8.25. The van der Waals surface area contributed by atoms with E-state index in [0.717, 1.165) is 11.4 Å². The molecule has 0 spiro atoms. The van der Waals surface area contributed by atoms with Crippen molar-refractivity contribution in [3.63, 3.8) is 0 Å². The molecule has 2 aromatic rings. The van der Waals surface area contributed by atoms with Gasteiger partial charge in [0.05, 0.1) is 26.3 Å². The lowest BCUT2D eigenvalue weighted by Gasteiger charge is -2.13. The normalized spacial score (nSPS) is 10.1. The summed E-state index contributed by atoms with van der Waals surface area (Å²) in [6.07, 6.45) is 0. The number of anilines is 3. The number of carbonyl (C=O) groups excluding carboxylic acids is 1. The average molecular weight is 399 g/mol. The van der Waals surface area contributed by atoms with Gasteiger partial charge in [-0.3, -0.25) is 20.3 Å². The molecule has 2 rings (SSSR count). The molecule has 0 atom stereocenters. The number of hydrogen-bond acceptors (Lipinski definition) is 7. The van der Waals surface area contributed by atoms with Gasteiger partial charge in [0.25, 0.3) is 5.69 Å². The van der Waals surface area contributed by atoms with Gasteiger partial charge in [0.1, 0.15) is 6.61 Å². The second-order valence-electron chi connectivity index (χ2n) is 5.14. The Hall–Kier alpha value is -2.71. The van der Waals surface area contributed by atoms with Crippen molar-refractivity contribution in [3.05, 3.63) is 56.6 Å². The molecule has 10 heteroatoms. The molecule has 3 N–H and O–H groups in total. The molecular formula is C16H16Cl2N4O4. The molecule has 0 aromatic heterocycles. The number of esters is 1. The van der Waals surface area contributed by atoms with Gasteiger partial charge in [-0.1, -0.05) is 23.2 Å². The SMILES string of the molecule is CC(=O)OCCNc1ccc(NNc2c(Cl)cc([N+](=O)[O-])cc2Cl)cc1. The predicted octanol–water partition coefficient (Wildman–Crippen LogP) is 4.32. The monoisotopic (exact) mass is 398 g/mol. The molecule has 138 valence electrons. The van der Waals surface area contributed by atoms with E-state index in [4.69, 9.17) is 27.9 Å². The minimum absolute atomic E-state index is 0.125. The van der Waals surface area contributed by atoms with E-state index in [0.29, 0.717) is 12.2 Å². The third-order valence-electron chi connectivity index (χ3n) is 3.19. The molecule has 0 bridgehead atoms. The van der Waals surface area contributed by atoms with Crippen molar-refractivity contribution >= 4 is 51.9 Å². The number of nitrogens with one attached hydrogen (secondary N) is 3. The standard InChI is InChI=1S/C16H16Cl2N4O4/c1-10(23)26-7-6-19-11-2-4-12(5-3-11)20-21-16-14(17)8-13(22(24)25)9-15(16)18/h2-5,8-9,19-21H,6-7H2,1H3. The van der Waals surface area contributed by atoms with E-state index in [-0.39, 0.29) is 28.3 Å². The van der Waals surface area contributed by atoms with Gasteiger partial charge < -0.3 is 15.5 Å². The second kappa shape index (κ2) is 9.12. The molecule has 0 aliphatic heterocycles. The van der Waals surface area contributed by atoms with Crippen molar-refractivity contribution in [3.8, 4) is 0 Å². The van der Waals surface area contributed by atoms with Gasteiger partial charge in [0, 0.05) is 31.3 Å². The summed E-state index contributed by atoms with van der Waals surface area (Å²) in [5.74, 6) is -0.319. The fourth-order valence-corrected chi connectivity index (χ4v) is 2.55. The number of nitro benzene ring substituents is 1. The number of hydrogen-bond donors (Lipinski definition) is 3. The van der Waals surface area contributed by atoms with E-state index in [1.807, 2.05) is 12.1 Å².